The van der Waals surface area contributed by atoms with Gasteiger partial charge in [0, 0.05) is 10.6 Å². The number of hydrogen-bond donors (Lipinski definition) is 1. The summed E-state index contributed by atoms with van der Waals surface area (Å²) in [5.41, 5.74) is 2.07. The van der Waals surface area contributed by atoms with Crippen molar-refractivity contribution in [2.75, 3.05) is 5.32 Å². The summed E-state index contributed by atoms with van der Waals surface area (Å²) in [6.45, 7) is 1.88. The van der Waals surface area contributed by atoms with Gasteiger partial charge in [-0.1, -0.05) is 41.4 Å². The Labute approximate surface area is 143 Å². The summed E-state index contributed by atoms with van der Waals surface area (Å²) in [6, 6.07) is 14.3. The van der Waals surface area contributed by atoms with Crippen LogP contribution in [0.5, 0.6) is 0 Å². The lowest BCUT2D eigenvalue weighted by Gasteiger charge is -2.11. The molecule has 0 atom stereocenters. The SMILES string of the molecule is Cc1cnn(-c2ccccc2)c1NC(=O)c1ccc(Cl)cc1Cl. The zero-order valence-corrected chi connectivity index (χ0v) is 13.8. The summed E-state index contributed by atoms with van der Waals surface area (Å²) in [5, 5.41) is 7.97. The van der Waals surface area contributed by atoms with Crippen LogP contribution in [0.2, 0.25) is 10.0 Å². The standard InChI is InChI=1S/C17H13Cl2N3O/c1-11-10-20-22(13-5-3-2-4-6-13)16(11)21-17(23)14-8-7-12(18)9-15(14)19/h2-10H,1H3,(H,21,23). The molecule has 0 unspecified atom stereocenters. The molecule has 1 heterocycles. The lowest BCUT2D eigenvalue weighted by atomic mass is 10.2. The van der Waals surface area contributed by atoms with Crippen molar-refractivity contribution in [1.29, 1.82) is 0 Å². The van der Waals surface area contributed by atoms with Crippen molar-refractivity contribution in [2.45, 2.75) is 6.92 Å². The number of aromatic nitrogens is 2. The van der Waals surface area contributed by atoms with Crippen molar-refractivity contribution in [3.8, 4) is 5.69 Å². The summed E-state index contributed by atoms with van der Waals surface area (Å²) >= 11 is 12.0. The van der Waals surface area contributed by atoms with E-state index in [4.69, 9.17) is 23.2 Å². The first-order chi connectivity index (χ1) is 11.1. The number of carbonyl (C=O) groups excluding carboxylic acids is 1. The fourth-order valence-corrected chi connectivity index (χ4v) is 2.69. The van der Waals surface area contributed by atoms with Gasteiger partial charge >= 0.3 is 0 Å². The monoisotopic (exact) mass is 345 g/mol. The Hall–Kier alpha value is -2.30. The average molecular weight is 346 g/mol. The molecule has 0 fully saturated rings. The largest absolute Gasteiger partial charge is 0.306 e. The molecule has 3 aromatic rings. The Morgan fingerprint density at radius 1 is 1.13 bits per heavy atom. The number of carbonyl (C=O) groups is 1. The van der Waals surface area contributed by atoms with Crippen LogP contribution in [0.3, 0.4) is 0 Å². The van der Waals surface area contributed by atoms with E-state index >= 15 is 0 Å². The molecule has 0 saturated carbocycles. The second-order valence-electron chi connectivity index (χ2n) is 5.00. The van der Waals surface area contributed by atoms with E-state index in [9.17, 15) is 4.79 Å². The molecule has 1 N–H and O–H groups in total. The molecule has 0 bridgehead atoms. The van der Waals surface area contributed by atoms with Crippen LogP contribution < -0.4 is 5.32 Å². The maximum absolute atomic E-state index is 12.5. The first-order valence-electron chi connectivity index (χ1n) is 6.92. The van der Waals surface area contributed by atoms with Crippen molar-refractivity contribution in [3.63, 3.8) is 0 Å². The van der Waals surface area contributed by atoms with E-state index in [0.29, 0.717) is 21.4 Å². The van der Waals surface area contributed by atoms with Crippen LogP contribution >= 0.6 is 23.2 Å². The second kappa shape index (κ2) is 6.44. The second-order valence-corrected chi connectivity index (χ2v) is 5.85. The molecule has 1 amide bonds. The summed E-state index contributed by atoms with van der Waals surface area (Å²) in [7, 11) is 0. The van der Waals surface area contributed by atoms with Gasteiger partial charge in [0.25, 0.3) is 5.91 Å². The zero-order valence-electron chi connectivity index (χ0n) is 12.3. The molecule has 1 aromatic heterocycles. The van der Waals surface area contributed by atoms with Gasteiger partial charge in [0.1, 0.15) is 5.82 Å². The quantitative estimate of drug-likeness (QED) is 0.745. The van der Waals surface area contributed by atoms with Crippen molar-refractivity contribution in [1.82, 2.24) is 9.78 Å². The van der Waals surface area contributed by atoms with Crippen molar-refractivity contribution < 1.29 is 4.79 Å². The van der Waals surface area contributed by atoms with E-state index in [-0.39, 0.29) is 5.91 Å². The maximum atomic E-state index is 12.5. The van der Waals surface area contributed by atoms with Gasteiger partial charge in [-0.3, -0.25) is 4.79 Å². The lowest BCUT2D eigenvalue weighted by molar-refractivity contribution is 0.102. The number of nitrogens with one attached hydrogen (secondary N) is 1. The van der Waals surface area contributed by atoms with Crippen LogP contribution in [-0.2, 0) is 0 Å². The molecule has 0 radical (unpaired) electrons. The fourth-order valence-electron chi connectivity index (χ4n) is 2.20. The number of aryl methyl sites for hydroxylation is 1. The highest BCUT2D eigenvalue weighted by Gasteiger charge is 2.16. The van der Waals surface area contributed by atoms with Gasteiger partial charge in [-0.05, 0) is 37.3 Å². The molecule has 2 aromatic carbocycles. The predicted octanol–water partition coefficient (Wildman–Crippen LogP) is 4.74. The van der Waals surface area contributed by atoms with E-state index in [1.54, 1.807) is 29.1 Å². The van der Waals surface area contributed by atoms with E-state index in [1.807, 2.05) is 37.3 Å². The number of hydrogen-bond acceptors (Lipinski definition) is 2. The highest BCUT2D eigenvalue weighted by Crippen LogP contribution is 2.24. The zero-order chi connectivity index (χ0) is 16.4. The summed E-state index contributed by atoms with van der Waals surface area (Å²) < 4.78 is 1.68. The van der Waals surface area contributed by atoms with Crippen molar-refractivity contribution in [3.05, 3.63) is 75.9 Å². The van der Waals surface area contributed by atoms with Gasteiger partial charge in [0.05, 0.1) is 22.5 Å². The van der Waals surface area contributed by atoms with E-state index in [1.165, 1.54) is 0 Å². The van der Waals surface area contributed by atoms with Gasteiger partial charge in [0.15, 0.2) is 0 Å². The van der Waals surface area contributed by atoms with Crippen molar-refractivity contribution in [2.24, 2.45) is 0 Å². The van der Waals surface area contributed by atoms with Crippen LogP contribution in [0.25, 0.3) is 5.69 Å². The first kappa shape index (κ1) is 15.6. The highest BCUT2D eigenvalue weighted by molar-refractivity contribution is 6.37. The summed E-state index contributed by atoms with van der Waals surface area (Å²) in [6.07, 6.45) is 1.70. The third kappa shape index (κ3) is 3.23. The normalized spacial score (nSPS) is 10.6. The van der Waals surface area contributed by atoms with Crippen molar-refractivity contribution >= 4 is 34.9 Å². The topological polar surface area (TPSA) is 46.9 Å². The maximum Gasteiger partial charge on any atom is 0.258 e. The highest BCUT2D eigenvalue weighted by atomic mass is 35.5. The number of para-hydroxylation sites is 1. The molecule has 6 heteroatoms. The van der Waals surface area contributed by atoms with Gasteiger partial charge in [-0.15, -0.1) is 0 Å². The smallest absolute Gasteiger partial charge is 0.258 e. The van der Waals surface area contributed by atoms with Gasteiger partial charge in [-0.25, -0.2) is 4.68 Å². The minimum Gasteiger partial charge on any atom is -0.306 e. The molecule has 3 rings (SSSR count). The first-order valence-corrected chi connectivity index (χ1v) is 7.68. The molecule has 0 spiro atoms. The molecule has 0 aliphatic heterocycles. The predicted molar refractivity (Wildman–Crippen MR) is 92.7 cm³/mol. The van der Waals surface area contributed by atoms with Gasteiger partial charge < -0.3 is 5.32 Å². The minimum absolute atomic E-state index is 0.304. The Morgan fingerprint density at radius 2 is 1.87 bits per heavy atom. The Kier molecular flexibility index (Phi) is 4.37. The van der Waals surface area contributed by atoms with Crippen LogP contribution in [0.15, 0.2) is 54.7 Å². The summed E-state index contributed by atoms with van der Waals surface area (Å²) in [4.78, 5) is 12.5. The number of amides is 1. The molecule has 0 saturated heterocycles. The van der Waals surface area contributed by atoms with Gasteiger partial charge in [-0.2, -0.15) is 5.10 Å². The molecule has 23 heavy (non-hydrogen) atoms. The van der Waals surface area contributed by atoms with Crippen LogP contribution in [-0.4, -0.2) is 15.7 Å². The van der Waals surface area contributed by atoms with E-state index in [0.717, 1.165) is 11.3 Å². The van der Waals surface area contributed by atoms with E-state index in [2.05, 4.69) is 10.4 Å². The minimum atomic E-state index is -0.313. The fraction of sp³-hybridized carbons (Fsp3) is 0.0588. The van der Waals surface area contributed by atoms with Gasteiger partial charge in [0.2, 0.25) is 0 Å². The molecule has 4 nitrogen and oxygen atoms in total. The number of halogens is 2. The third-order valence-corrected chi connectivity index (χ3v) is 3.91. The Balaban J connectivity index is 1.94. The molecular formula is C17H13Cl2N3O. The van der Waals surface area contributed by atoms with Crippen LogP contribution in [0.4, 0.5) is 5.82 Å². The number of nitrogens with zero attached hydrogens (tertiary/aromatic N) is 2. The molecule has 0 aliphatic carbocycles. The number of benzene rings is 2. The molecule has 0 aliphatic rings. The molecular weight excluding hydrogens is 333 g/mol. The summed E-state index contributed by atoms with van der Waals surface area (Å²) in [5.74, 6) is 0.291. The van der Waals surface area contributed by atoms with Crippen LogP contribution in [0.1, 0.15) is 15.9 Å². The number of rotatable bonds is 3. The molecule has 116 valence electrons. The Bertz CT molecular complexity index is 860. The number of anilines is 1. The lowest BCUT2D eigenvalue weighted by Crippen LogP contribution is -2.16. The van der Waals surface area contributed by atoms with E-state index < -0.39 is 0 Å². The van der Waals surface area contributed by atoms with Crippen LogP contribution in [0, 0.1) is 6.92 Å². The third-order valence-electron chi connectivity index (χ3n) is 3.36. The average Bonchev–Trinajstić information content (AvgIpc) is 2.89. The Morgan fingerprint density at radius 3 is 2.57 bits per heavy atom.